The molecule has 0 aliphatic carbocycles. The predicted octanol–water partition coefficient (Wildman–Crippen LogP) is 4.34. The Morgan fingerprint density at radius 3 is 1.44 bits per heavy atom. The first-order valence-corrected chi connectivity index (χ1v) is 20.2. The van der Waals surface area contributed by atoms with E-state index >= 15 is 0 Å². The van der Waals surface area contributed by atoms with Crippen molar-refractivity contribution in [2.24, 2.45) is 31.4 Å². The SMILES string of the molecule is COc1ccc([C@@H]2N=C(N)NC(SCC(=O)Nc3ccc(Cc4ccc(NC(=O)CSC5=N[C@@H](c6ccc(OC)cc6OC)N=C(N)N5)cc4C#N)c(C#N)c3)=N2)c(OC)c1. The molecule has 2 aliphatic rings. The Bertz CT molecular complexity index is 2380. The zero-order chi connectivity index (χ0) is 43.5. The summed E-state index contributed by atoms with van der Waals surface area (Å²) >= 11 is 2.27. The molecule has 8 N–H and O–H groups in total. The van der Waals surface area contributed by atoms with Gasteiger partial charge in [-0.05, 0) is 59.7 Å². The predicted molar refractivity (Wildman–Crippen MR) is 236 cm³/mol. The third-order valence-electron chi connectivity index (χ3n) is 9.00. The smallest absolute Gasteiger partial charge is 0.234 e. The summed E-state index contributed by atoms with van der Waals surface area (Å²) in [5, 5.41) is 32.2. The lowest BCUT2D eigenvalue weighted by atomic mass is 9.96. The number of carbonyl (C=O) groups is 2. The number of ether oxygens (including phenoxy) is 4. The van der Waals surface area contributed by atoms with Gasteiger partial charge in [0.25, 0.3) is 0 Å². The number of nitriles is 2. The summed E-state index contributed by atoms with van der Waals surface area (Å²) in [5.74, 6) is 1.83. The van der Waals surface area contributed by atoms with Crippen LogP contribution in [-0.4, -0.2) is 74.0 Å². The molecule has 0 saturated heterocycles. The third-order valence-corrected chi connectivity index (χ3v) is 10.8. The number of benzene rings is 4. The molecule has 4 aromatic carbocycles. The molecule has 0 spiro atoms. The third kappa shape index (κ3) is 11.0. The van der Waals surface area contributed by atoms with Crippen molar-refractivity contribution in [1.29, 1.82) is 10.5 Å². The Hall–Kier alpha value is -7.42. The van der Waals surface area contributed by atoms with Gasteiger partial charge in [-0.2, -0.15) is 10.5 Å². The Morgan fingerprint density at radius 2 is 1.07 bits per heavy atom. The Labute approximate surface area is 359 Å². The second-order valence-electron chi connectivity index (χ2n) is 12.9. The van der Waals surface area contributed by atoms with Gasteiger partial charge in [0.1, 0.15) is 23.0 Å². The molecule has 61 heavy (non-hydrogen) atoms. The average Bonchev–Trinajstić information content (AvgIpc) is 3.27. The van der Waals surface area contributed by atoms with E-state index in [1.807, 2.05) is 0 Å². The van der Waals surface area contributed by atoms with E-state index in [1.54, 1.807) is 87.0 Å². The van der Waals surface area contributed by atoms with E-state index in [1.165, 1.54) is 14.2 Å². The summed E-state index contributed by atoms with van der Waals surface area (Å²) in [7, 11) is 6.18. The van der Waals surface area contributed by atoms with E-state index in [2.05, 4.69) is 53.4 Å². The minimum absolute atomic E-state index is 0.0158. The molecule has 0 aromatic heterocycles. The number of rotatable bonds is 14. The largest absolute Gasteiger partial charge is 0.497 e. The van der Waals surface area contributed by atoms with Gasteiger partial charge in [-0.1, -0.05) is 35.7 Å². The van der Waals surface area contributed by atoms with Crippen LogP contribution in [0.25, 0.3) is 0 Å². The van der Waals surface area contributed by atoms with Crippen molar-refractivity contribution in [2.45, 2.75) is 18.8 Å². The number of anilines is 2. The van der Waals surface area contributed by atoms with Crippen molar-refractivity contribution in [3.8, 4) is 35.1 Å². The topological polar surface area (TPSA) is 268 Å². The van der Waals surface area contributed by atoms with Crippen molar-refractivity contribution in [1.82, 2.24) is 10.6 Å². The molecule has 20 heteroatoms. The van der Waals surface area contributed by atoms with Crippen LogP contribution in [0.5, 0.6) is 23.0 Å². The summed E-state index contributed by atoms with van der Waals surface area (Å²) in [6.45, 7) is 0. The number of nitrogens with two attached hydrogens (primary N) is 2. The van der Waals surface area contributed by atoms with Crippen LogP contribution in [0.15, 0.2) is 92.8 Å². The molecule has 0 fully saturated rings. The van der Waals surface area contributed by atoms with E-state index in [4.69, 9.17) is 30.4 Å². The highest BCUT2D eigenvalue weighted by molar-refractivity contribution is 8.14. The number of aliphatic imine (C=N–C) groups is 4. The molecule has 2 atom stereocenters. The number of thioether (sulfide) groups is 2. The maximum absolute atomic E-state index is 13.0. The molecule has 2 aliphatic heterocycles. The first-order chi connectivity index (χ1) is 29.5. The van der Waals surface area contributed by atoms with Gasteiger partial charge in [0.15, 0.2) is 34.6 Å². The Kier molecular flexibility index (Phi) is 14.2. The number of amidine groups is 2. The van der Waals surface area contributed by atoms with Crippen LogP contribution in [0.1, 0.15) is 45.7 Å². The number of hydrogen-bond donors (Lipinski definition) is 6. The number of hydrogen-bond acceptors (Lipinski definition) is 18. The lowest BCUT2D eigenvalue weighted by molar-refractivity contribution is -0.114. The van der Waals surface area contributed by atoms with Gasteiger partial charge >= 0.3 is 0 Å². The van der Waals surface area contributed by atoms with Crippen molar-refractivity contribution in [3.05, 3.63) is 106 Å². The highest BCUT2D eigenvalue weighted by Gasteiger charge is 2.24. The van der Waals surface area contributed by atoms with Crippen LogP contribution < -0.4 is 51.7 Å². The maximum Gasteiger partial charge on any atom is 0.234 e. The number of amides is 2. The average molecular weight is 861 g/mol. The Balaban J connectivity index is 1.03. The van der Waals surface area contributed by atoms with Gasteiger partial charge in [0.05, 0.1) is 63.2 Å². The van der Waals surface area contributed by atoms with Gasteiger partial charge in [-0.15, -0.1) is 0 Å². The van der Waals surface area contributed by atoms with Gasteiger partial charge in [-0.25, -0.2) is 20.0 Å². The van der Waals surface area contributed by atoms with Crippen molar-refractivity contribution < 1.29 is 28.5 Å². The zero-order valence-electron chi connectivity index (χ0n) is 33.3. The van der Waals surface area contributed by atoms with E-state index in [0.717, 1.165) is 23.5 Å². The molecular formula is C41H40N12O6S2. The van der Waals surface area contributed by atoms with Gasteiger partial charge < -0.3 is 51.7 Å². The van der Waals surface area contributed by atoms with E-state index in [9.17, 15) is 20.1 Å². The molecule has 2 heterocycles. The van der Waals surface area contributed by atoms with Crippen LogP contribution in [0, 0.1) is 22.7 Å². The van der Waals surface area contributed by atoms with Gasteiger partial charge in [0, 0.05) is 41.1 Å². The standard InChI is InChI=1S/C41H40N12O6S2/c1-56-28-9-11-30(32(16-28)58-3)36-48-38(44)52-40(50-36)60-20-34(54)46-26-7-5-22(24(14-26)18-42)13-23-6-8-27(15-25(23)19-43)47-35(55)21-61-41-51-37(49-39(45)53-41)31-12-10-29(57-2)17-33(31)59-4/h5-12,14-17,36-37H,13,20-21H2,1-4H3,(H,46,54)(H,47,55)(H3,44,48,50,52)(H3,45,49,51,53)/t36-,37+. The number of nitrogens with zero attached hydrogens (tertiary/aromatic N) is 6. The number of nitrogens with one attached hydrogen (secondary N) is 4. The molecule has 312 valence electrons. The minimum atomic E-state index is -0.692. The molecule has 0 unspecified atom stereocenters. The van der Waals surface area contributed by atoms with Crippen LogP contribution >= 0.6 is 23.5 Å². The summed E-state index contributed by atoms with van der Waals surface area (Å²) < 4.78 is 21.5. The van der Waals surface area contributed by atoms with Crippen LogP contribution in [-0.2, 0) is 16.0 Å². The number of guanidine groups is 2. The lowest BCUT2D eigenvalue weighted by Crippen LogP contribution is -2.39. The van der Waals surface area contributed by atoms with Crippen LogP contribution in [0.3, 0.4) is 0 Å². The molecule has 18 nitrogen and oxygen atoms in total. The fourth-order valence-corrected chi connectivity index (χ4v) is 7.45. The minimum Gasteiger partial charge on any atom is -0.497 e. The van der Waals surface area contributed by atoms with Crippen LogP contribution in [0.2, 0.25) is 0 Å². The second-order valence-corrected chi connectivity index (χ2v) is 14.9. The Morgan fingerprint density at radius 1 is 0.639 bits per heavy atom. The molecule has 6 rings (SSSR count). The van der Waals surface area contributed by atoms with Crippen molar-refractivity contribution in [3.63, 3.8) is 0 Å². The second kappa shape index (κ2) is 20.0. The summed E-state index contributed by atoms with van der Waals surface area (Å²) in [5.41, 5.74) is 16.2. The number of carbonyl (C=O) groups excluding carboxylic acids is 2. The summed E-state index contributed by atoms with van der Waals surface area (Å²) in [6.07, 6.45) is -1.13. The highest BCUT2D eigenvalue weighted by Crippen LogP contribution is 2.35. The molecule has 2 amide bonds. The molecular weight excluding hydrogens is 821 g/mol. The summed E-state index contributed by atoms with van der Waals surface area (Å²) in [6, 6.07) is 24.9. The monoisotopic (exact) mass is 860 g/mol. The summed E-state index contributed by atoms with van der Waals surface area (Å²) in [4.78, 5) is 43.9. The van der Waals surface area contributed by atoms with Crippen molar-refractivity contribution >= 4 is 69.0 Å². The van der Waals surface area contributed by atoms with E-state index in [-0.39, 0.29) is 41.7 Å². The van der Waals surface area contributed by atoms with E-state index < -0.39 is 12.3 Å². The fourth-order valence-electron chi connectivity index (χ4n) is 6.07. The molecule has 0 radical (unpaired) electrons. The normalized spacial score (nSPS) is 15.4. The van der Waals surface area contributed by atoms with Crippen LogP contribution in [0.4, 0.5) is 11.4 Å². The van der Waals surface area contributed by atoms with Gasteiger partial charge in [0.2, 0.25) is 11.8 Å². The molecule has 4 aromatic rings. The first kappa shape index (κ1) is 43.2. The van der Waals surface area contributed by atoms with Crippen molar-refractivity contribution in [2.75, 3.05) is 50.6 Å². The first-order valence-electron chi connectivity index (χ1n) is 18.2. The lowest BCUT2D eigenvalue weighted by Gasteiger charge is -2.20. The number of methoxy groups -OCH3 is 4. The van der Waals surface area contributed by atoms with E-state index in [0.29, 0.717) is 78.1 Å². The zero-order valence-corrected chi connectivity index (χ0v) is 34.9. The fraction of sp³-hybridized carbons (Fsp3) is 0.220. The maximum atomic E-state index is 13.0. The molecule has 0 saturated carbocycles. The quantitative estimate of drug-likeness (QED) is 0.103. The van der Waals surface area contributed by atoms with Gasteiger partial charge in [-0.3, -0.25) is 9.59 Å². The molecule has 0 bridgehead atoms. The highest BCUT2D eigenvalue weighted by atomic mass is 32.2.